The molecule has 0 aliphatic heterocycles. The van der Waals surface area contributed by atoms with Gasteiger partial charge in [-0.05, 0) is 36.7 Å². The van der Waals surface area contributed by atoms with Crippen LogP contribution in [0, 0.1) is 0 Å². The second-order valence-electron chi connectivity index (χ2n) is 3.79. The fraction of sp³-hybridized carbons (Fsp3) is 0.308. The van der Waals surface area contributed by atoms with Gasteiger partial charge in [0.05, 0.1) is 5.69 Å². The van der Waals surface area contributed by atoms with Gasteiger partial charge in [-0.1, -0.05) is 19.1 Å². The lowest BCUT2D eigenvalue weighted by Gasteiger charge is -2.05. The van der Waals surface area contributed by atoms with Crippen LogP contribution in [0.1, 0.15) is 18.9 Å². The normalized spacial score (nSPS) is 10.6. The summed E-state index contributed by atoms with van der Waals surface area (Å²) in [5.74, 6) is 0. The molecule has 1 aromatic carbocycles. The third kappa shape index (κ3) is 2.70. The second-order valence-corrected chi connectivity index (χ2v) is 3.79. The van der Waals surface area contributed by atoms with Gasteiger partial charge in [0.25, 0.3) is 0 Å². The van der Waals surface area contributed by atoms with E-state index < -0.39 is 0 Å². The summed E-state index contributed by atoms with van der Waals surface area (Å²) in [5.41, 5.74) is 2.41. The molecule has 1 N–H and O–H groups in total. The van der Waals surface area contributed by atoms with Gasteiger partial charge in [-0.2, -0.15) is 5.10 Å². The van der Waals surface area contributed by atoms with Crippen LogP contribution in [0.15, 0.2) is 42.7 Å². The van der Waals surface area contributed by atoms with Crippen molar-refractivity contribution in [3.05, 3.63) is 48.3 Å². The SMILES string of the molecule is CCCNCc1ccc(-n2cccn2)cc1. The summed E-state index contributed by atoms with van der Waals surface area (Å²) in [5, 5.41) is 7.58. The Kier molecular flexibility index (Phi) is 3.72. The van der Waals surface area contributed by atoms with Gasteiger partial charge in [0, 0.05) is 18.9 Å². The van der Waals surface area contributed by atoms with Crippen molar-refractivity contribution in [1.82, 2.24) is 15.1 Å². The van der Waals surface area contributed by atoms with E-state index in [1.165, 1.54) is 12.0 Å². The highest BCUT2D eigenvalue weighted by molar-refractivity contribution is 5.33. The van der Waals surface area contributed by atoms with E-state index >= 15 is 0 Å². The molecular formula is C13H17N3. The first-order valence-corrected chi connectivity index (χ1v) is 5.70. The van der Waals surface area contributed by atoms with Gasteiger partial charge in [-0.25, -0.2) is 4.68 Å². The van der Waals surface area contributed by atoms with Crippen LogP contribution in [0.3, 0.4) is 0 Å². The average Bonchev–Trinajstić information content (AvgIpc) is 2.84. The summed E-state index contributed by atoms with van der Waals surface area (Å²) < 4.78 is 1.86. The maximum atomic E-state index is 4.19. The van der Waals surface area contributed by atoms with Gasteiger partial charge in [-0.15, -0.1) is 0 Å². The van der Waals surface area contributed by atoms with Gasteiger partial charge in [0.2, 0.25) is 0 Å². The van der Waals surface area contributed by atoms with Gasteiger partial charge in [-0.3, -0.25) is 0 Å². The molecule has 16 heavy (non-hydrogen) atoms. The summed E-state index contributed by atoms with van der Waals surface area (Å²) in [4.78, 5) is 0. The third-order valence-corrected chi connectivity index (χ3v) is 2.46. The Bertz CT molecular complexity index is 403. The van der Waals surface area contributed by atoms with Crippen LogP contribution in [0.4, 0.5) is 0 Å². The minimum atomic E-state index is 0.938. The smallest absolute Gasteiger partial charge is 0.0645 e. The quantitative estimate of drug-likeness (QED) is 0.776. The summed E-state index contributed by atoms with van der Waals surface area (Å²) in [6, 6.07) is 10.4. The van der Waals surface area contributed by atoms with E-state index in [9.17, 15) is 0 Å². The first-order chi connectivity index (χ1) is 7.90. The van der Waals surface area contributed by atoms with Crippen molar-refractivity contribution in [3.63, 3.8) is 0 Å². The molecule has 0 atom stereocenters. The minimum Gasteiger partial charge on any atom is -0.313 e. The van der Waals surface area contributed by atoms with Crippen LogP contribution in [-0.4, -0.2) is 16.3 Å². The summed E-state index contributed by atoms with van der Waals surface area (Å²) >= 11 is 0. The first-order valence-electron chi connectivity index (χ1n) is 5.70. The number of rotatable bonds is 5. The van der Waals surface area contributed by atoms with Crippen molar-refractivity contribution in [3.8, 4) is 5.69 Å². The Labute approximate surface area is 96.1 Å². The number of aromatic nitrogens is 2. The molecule has 0 bridgehead atoms. The maximum Gasteiger partial charge on any atom is 0.0645 e. The Balaban J connectivity index is 2.00. The lowest BCUT2D eigenvalue weighted by atomic mass is 10.2. The topological polar surface area (TPSA) is 29.9 Å². The van der Waals surface area contributed by atoms with Crippen molar-refractivity contribution in [2.45, 2.75) is 19.9 Å². The minimum absolute atomic E-state index is 0.938. The van der Waals surface area contributed by atoms with E-state index in [0.29, 0.717) is 0 Å². The Morgan fingerprint density at radius 2 is 2.06 bits per heavy atom. The van der Waals surface area contributed by atoms with Crippen LogP contribution >= 0.6 is 0 Å². The Morgan fingerprint density at radius 1 is 1.25 bits per heavy atom. The summed E-state index contributed by atoms with van der Waals surface area (Å²) in [6.07, 6.45) is 4.91. The molecule has 0 fully saturated rings. The van der Waals surface area contributed by atoms with Gasteiger partial charge in [0.15, 0.2) is 0 Å². The number of benzene rings is 1. The molecule has 1 heterocycles. The highest BCUT2D eigenvalue weighted by atomic mass is 15.3. The fourth-order valence-corrected chi connectivity index (χ4v) is 1.60. The zero-order valence-corrected chi connectivity index (χ0v) is 9.56. The van der Waals surface area contributed by atoms with Crippen molar-refractivity contribution < 1.29 is 0 Å². The van der Waals surface area contributed by atoms with Gasteiger partial charge >= 0.3 is 0 Å². The maximum absolute atomic E-state index is 4.19. The average molecular weight is 215 g/mol. The highest BCUT2D eigenvalue weighted by Crippen LogP contribution is 2.08. The predicted octanol–water partition coefficient (Wildman–Crippen LogP) is 2.37. The van der Waals surface area contributed by atoms with Crippen molar-refractivity contribution in [1.29, 1.82) is 0 Å². The standard InChI is InChI=1S/C13H17N3/c1-2-8-14-11-12-4-6-13(7-5-12)16-10-3-9-15-16/h3-7,9-10,14H,2,8,11H2,1H3. The van der Waals surface area contributed by atoms with E-state index in [1.54, 1.807) is 6.20 Å². The van der Waals surface area contributed by atoms with Crippen LogP contribution in [-0.2, 0) is 6.54 Å². The van der Waals surface area contributed by atoms with Crippen LogP contribution in [0.5, 0.6) is 0 Å². The number of hydrogen-bond acceptors (Lipinski definition) is 2. The number of nitrogens with zero attached hydrogens (tertiary/aromatic N) is 2. The molecule has 0 saturated carbocycles. The van der Waals surface area contributed by atoms with Gasteiger partial charge in [0.1, 0.15) is 0 Å². The zero-order chi connectivity index (χ0) is 11.2. The molecule has 2 rings (SSSR count). The van der Waals surface area contributed by atoms with Crippen molar-refractivity contribution >= 4 is 0 Å². The lowest BCUT2D eigenvalue weighted by molar-refractivity contribution is 0.675. The summed E-state index contributed by atoms with van der Waals surface area (Å²) in [6.45, 7) is 4.18. The van der Waals surface area contributed by atoms with Crippen molar-refractivity contribution in [2.24, 2.45) is 0 Å². The lowest BCUT2D eigenvalue weighted by Crippen LogP contribution is -2.13. The highest BCUT2D eigenvalue weighted by Gasteiger charge is 1.96. The second kappa shape index (κ2) is 5.47. The molecule has 3 nitrogen and oxygen atoms in total. The monoisotopic (exact) mass is 215 g/mol. The molecule has 0 radical (unpaired) electrons. The fourth-order valence-electron chi connectivity index (χ4n) is 1.60. The molecule has 0 unspecified atom stereocenters. The predicted molar refractivity (Wildman–Crippen MR) is 65.6 cm³/mol. The van der Waals surface area contributed by atoms with Gasteiger partial charge < -0.3 is 5.32 Å². The van der Waals surface area contributed by atoms with E-state index in [4.69, 9.17) is 0 Å². The molecule has 1 aromatic heterocycles. The largest absolute Gasteiger partial charge is 0.313 e. The molecule has 0 aliphatic rings. The zero-order valence-electron chi connectivity index (χ0n) is 9.56. The third-order valence-electron chi connectivity index (χ3n) is 2.46. The van der Waals surface area contributed by atoms with E-state index in [1.807, 2.05) is 16.9 Å². The molecule has 84 valence electrons. The molecule has 0 spiro atoms. The van der Waals surface area contributed by atoms with E-state index in [2.05, 4.69) is 41.6 Å². The Morgan fingerprint density at radius 3 is 2.69 bits per heavy atom. The first kappa shape index (κ1) is 10.9. The molecular weight excluding hydrogens is 198 g/mol. The summed E-state index contributed by atoms with van der Waals surface area (Å²) in [7, 11) is 0. The van der Waals surface area contributed by atoms with E-state index in [-0.39, 0.29) is 0 Å². The van der Waals surface area contributed by atoms with Crippen LogP contribution in [0.2, 0.25) is 0 Å². The molecule has 0 amide bonds. The van der Waals surface area contributed by atoms with Crippen molar-refractivity contribution in [2.75, 3.05) is 6.54 Å². The molecule has 2 aromatic rings. The molecule has 0 saturated heterocycles. The van der Waals surface area contributed by atoms with Crippen LogP contribution in [0.25, 0.3) is 5.69 Å². The number of hydrogen-bond donors (Lipinski definition) is 1. The Hall–Kier alpha value is -1.61. The molecule has 0 aliphatic carbocycles. The van der Waals surface area contributed by atoms with Crippen LogP contribution < -0.4 is 5.32 Å². The number of nitrogens with one attached hydrogen (secondary N) is 1. The molecule has 3 heteroatoms. The van der Waals surface area contributed by atoms with E-state index in [0.717, 1.165) is 18.8 Å².